The summed E-state index contributed by atoms with van der Waals surface area (Å²) in [6, 6.07) is 8.74. The molecule has 0 unspecified atom stereocenters. The molecule has 2 aromatic heterocycles. The Labute approximate surface area is 195 Å². The predicted octanol–water partition coefficient (Wildman–Crippen LogP) is 4.89. The van der Waals surface area contributed by atoms with E-state index >= 15 is 0 Å². The molecule has 1 spiro atoms. The highest BCUT2D eigenvalue weighted by atomic mass is 35.5. The Morgan fingerprint density at radius 3 is 2.62 bits per heavy atom. The number of para-hydroxylation sites is 1. The van der Waals surface area contributed by atoms with Crippen molar-refractivity contribution in [3.05, 3.63) is 47.9 Å². The van der Waals surface area contributed by atoms with Crippen molar-refractivity contribution in [2.24, 2.45) is 5.41 Å². The molecule has 168 valence electrons. The molecule has 0 radical (unpaired) electrons. The van der Waals surface area contributed by atoms with Gasteiger partial charge in [-0.1, -0.05) is 37.7 Å². The van der Waals surface area contributed by atoms with Crippen LogP contribution < -0.4 is 21.3 Å². The molecule has 1 aliphatic carbocycles. The van der Waals surface area contributed by atoms with Crippen LogP contribution in [0.15, 0.2) is 42.9 Å². The Morgan fingerprint density at radius 2 is 1.91 bits per heavy atom. The van der Waals surface area contributed by atoms with E-state index in [0.29, 0.717) is 28.2 Å². The highest BCUT2D eigenvalue weighted by molar-refractivity contribution is 7.64. The molecule has 3 N–H and O–H groups in total. The molecule has 1 saturated carbocycles. The van der Waals surface area contributed by atoms with Crippen molar-refractivity contribution >= 4 is 48.0 Å². The average Bonchev–Trinajstić information content (AvgIpc) is 3.24. The van der Waals surface area contributed by atoms with Crippen LogP contribution in [0.3, 0.4) is 0 Å². The Balaban J connectivity index is 1.28. The lowest BCUT2D eigenvalue weighted by molar-refractivity contribution is 0.0813. The molecular formula is C23H29ClN7P. The number of nitrogens with one attached hydrogen (secondary N) is 3. The van der Waals surface area contributed by atoms with E-state index in [1.54, 1.807) is 6.20 Å². The third kappa shape index (κ3) is 4.47. The van der Waals surface area contributed by atoms with Crippen LogP contribution in [0.25, 0.3) is 0 Å². The zero-order valence-electron chi connectivity index (χ0n) is 18.5. The first-order valence-corrected chi connectivity index (χ1v) is 13.7. The van der Waals surface area contributed by atoms with Crippen LogP contribution in [0.1, 0.15) is 31.7 Å². The minimum Gasteiger partial charge on any atom is -0.338 e. The first kappa shape index (κ1) is 21.6. The lowest BCUT2D eigenvalue weighted by Gasteiger charge is -2.47. The zero-order valence-corrected chi connectivity index (χ0v) is 20.1. The van der Waals surface area contributed by atoms with Gasteiger partial charge in [0, 0.05) is 25.0 Å². The largest absolute Gasteiger partial charge is 0.338 e. The number of nitrogens with zero attached hydrogens (tertiary/aromatic N) is 4. The molecule has 2 aliphatic rings. The zero-order chi connectivity index (χ0) is 22.1. The van der Waals surface area contributed by atoms with Crippen LogP contribution in [0.2, 0.25) is 5.02 Å². The lowest BCUT2D eigenvalue weighted by Crippen LogP contribution is -2.54. The highest BCUT2D eigenvalue weighted by Gasteiger charge is 2.40. The van der Waals surface area contributed by atoms with Gasteiger partial charge in [-0.05, 0) is 55.8 Å². The van der Waals surface area contributed by atoms with Crippen molar-refractivity contribution in [2.45, 2.75) is 31.7 Å². The maximum absolute atomic E-state index is 6.40. The minimum absolute atomic E-state index is 0.256. The van der Waals surface area contributed by atoms with Crippen molar-refractivity contribution in [2.75, 3.05) is 37.1 Å². The average molecular weight is 470 g/mol. The number of halogens is 1. The second-order valence-corrected chi connectivity index (χ2v) is 11.8. The summed E-state index contributed by atoms with van der Waals surface area (Å²) in [5, 5.41) is 16.5. The fourth-order valence-electron chi connectivity index (χ4n) is 4.65. The van der Waals surface area contributed by atoms with Crippen LogP contribution in [0, 0.1) is 5.41 Å². The van der Waals surface area contributed by atoms with Crippen molar-refractivity contribution in [3.63, 3.8) is 0 Å². The molecule has 5 rings (SSSR count). The molecule has 1 aliphatic heterocycles. The summed E-state index contributed by atoms with van der Waals surface area (Å²) in [5.41, 5.74) is 2.47. The molecule has 0 amide bonds. The monoisotopic (exact) mass is 469 g/mol. The number of benzene rings is 1. The molecular weight excluding hydrogens is 441 g/mol. The summed E-state index contributed by atoms with van der Waals surface area (Å²) in [6.45, 7) is 6.83. The van der Waals surface area contributed by atoms with Crippen LogP contribution >= 0.6 is 19.5 Å². The van der Waals surface area contributed by atoms with Gasteiger partial charge in [-0.3, -0.25) is 4.68 Å². The summed E-state index contributed by atoms with van der Waals surface area (Å²) in [4.78, 5) is 8.98. The van der Waals surface area contributed by atoms with Gasteiger partial charge in [0.15, 0.2) is 5.82 Å². The topological polar surface area (TPSA) is 79.7 Å². The lowest BCUT2D eigenvalue weighted by atomic mass is 9.68. The van der Waals surface area contributed by atoms with Gasteiger partial charge in [0.05, 0.1) is 24.1 Å². The van der Waals surface area contributed by atoms with Gasteiger partial charge in [0.1, 0.15) is 5.02 Å². The van der Waals surface area contributed by atoms with Crippen LogP contribution in [-0.4, -0.2) is 46.2 Å². The summed E-state index contributed by atoms with van der Waals surface area (Å²) in [5.74, 6) is 1.08. The van der Waals surface area contributed by atoms with Crippen LogP contribution in [-0.2, 0) is 0 Å². The standard InChI is InChI=1S/C23H29ClN7P/c1-32(2)20-6-4-3-5-19(20)29-21-18(24)12-26-22(30-21)28-16-11-27-31(13-16)17-7-9-23(10-8-17)14-25-15-23/h3-6,11-13,17,25H,7-10,14-15H2,1-2H3,(H2,26,28,29,30). The molecule has 3 heterocycles. The number of hydrogen-bond donors (Lipinski definition) is 3. The molecule has 1 aromatic carbocycles. The van der Waals surface area contributed by atoms with Crippen LogP contribution in [0.4, 0.5) is 23.1 Å². The van der Waals surface area contributed by atoms with E-state index in [2.05, 4.69) is 73.4 Å². The minimum atomic E-state index is -0.256. The molecule has 0 bridgehead atoms. The van der Waals surface area contributed by atoms with Crippen LogP contribution in [0.5, 0.6) is 0 Å². The van der Waals surface area contributed by atoms with E-state index in [9.17, 15) is 0 Å². The maximum Gasteiger partial charge on any atom is 0.229 e. The maximum atomic E-state index is 6.40. The second-order valence-electron chi connectivity index (χ2n) is 9.10. The van der Waals surface area contributed by atoms with Crippen molar-refractivity contribution in [1.82, 2.24) is 25.1 Å². The molecule has 3 aromatic rings. The Kier molecular flexibility index (Phi) is 6.06. The number of anilines is 4. The van der Waals surface area contributed by atoms with Gasteiger partial charge >= 0.3 is 0 Å². The van der Waals surface area contributed by atoms with E-state index in [4.69, 9.17) is 11.6 Å². The normalized spacial score (nSPS) is 18.0. The number of rotatable bonds is 6. The van der Waals surface area contributed by atoms with Gasteiger partial charge in [-0.15, -0.1) is 0 Å². The van der Waals surface area contributed by atoms with E-state index in [0.717, 1.165) is 11.4 Å². The third-order valence-electron chi connectivity index (χ3n) is 6.63. The fraction of sp³-hybridized carbons (Fsp3) is 0.435. The third-order valence-corrected chi connectivity index (χ3v) is 8.26. The highest BCUT2D eigenvalue weighted by Crippen LogP contribution is 2.43. The van der Waals surface area contributed by atoms with Gasteiger partial charge in [-0.25, -0.2) is 4.98 Å². The summed E-state index contributed by atoms with van der Waals surface area (Å²) >= 11 is 6.40. The van der Waals surface area contributed by atoms with E-state index in [1.807, 2.05) is 12.3 Å². The summed E-state index contributed by atoms with van der Waals surface area (Å²) in [7, 11) is -0.256. The Bertz CT molecular complexity index is 1090. The van der Waals surface area contributed by atoms with E-state index < -0.39 is 0 Å². The Morgan fingerprint density at radius 1 is 1.12 bits per heavy atom. The van der Waals surface area contributed by atoms with E-state index in [-0.39, 0.29) is 7.92 Å². The van der Waals surface area contributed by atoms with E-state index in [1.165, 1.54) is 44.1 Å². The van der Waals surface area contributed by atoms with Crippen molar-refractivity contribution in [1.29, 1.82) is 0 Å². The second kappa shape index (κ2) is 8.97. The number of hydrogen-bond acceptors (Lipinski definition) is 6. The van der Waals surface area contributed by atoms with Gasteiger partial charge in [0.2, 0.25) is 5.95 Å². The van der Waals surface area contributed by atoms with Crippen molar-refractivity contribution < 1.29 is 0 Å². The van der Waals surface area contributed by atoms with Crippen molar-refractivity contribution in [3.8, 4) is 0 Å². The molecule has 2 fully saturated rings. The summed E-state index contributed by atoms with van der Waals surface area (Å²) < 4.78 is 2.09. The number of aromatic nitrogens is 4. The molecule has 1 saturated heterocycles. The molecule has 9 heteroatoms. The van der Waals surface area contributed by atoms with Gasteiger partial charge in [-0.2, -0.15) is 10.1 Å². The first-order valence-electron chi connectivity index (χ1n) is 11.1. The fourth-order valence-corrected chi connectivity index (χ4v) is 5.79. The smallest absolute Gasteiger partial charge is 0.229 e. The SMILES string of the molecule is CP(C)c1ccccc1Nc1nc(Nc2cnn(C3CCC4(CC3)CNC4)c2)ncc1Cl. The predicted molar refractivity (Wildman–Crippen MR) is 133 cm³/mol. The first-order chi connectivity index (χ1) is 15.5. The Hall–Kier alpha value is -2.21. The molecule has 0 atom stereocenters. The summed E-state index contributed by atoms with van der Waals surface area (Å²) in [6.07, 6.45) is 10.5. The van der Waals surface area contributed by atoms with Gasteiger partial charge in [0.25, 0.3) is 0 Å². The quantitative estimate of drug-likeness (QED) is 0.446. The van der Waals surface area contributed by atoms with Gasteiger partial charge < -0.3 is 16.0 Å². The molecule has 7 nitrogen and oxygen atoms in total. The molecule has 32 heavy (non-hydrogen) atoms.